The summed E-state index contributed by atoms with van der Waals surface area (Å²) in [5.41, 5.74) is 1.83. The van der Waals surface area contributed by atoms with Gasteiger partial charge in [-0.15, -0.1) is 0 Å². The van der Waals surface area contributed by atoms with E-state index in [9.17, 15) is 24.8 Å². The first kappa shape index (κ1) is 25.4. The number of anilines is 2. The molecule has 0 spiro atoms. The van der Waals surface area contributed by atoms with Crippen LogP contribution in [0, 0.1) is 0 Å². The fourth-order valence-corrected chi connectivity index (χ4v) is 3.46. The van der Waals surface area contributed by atoms with Crippen LogP contribution in [-0.2, 0) is 22.4 Å². The van der Waals surface area contributed by atoms with Crippen LogP contribution in [0.2, 0.25) is 0 Å². The first-order valence-electron chi connectivity index (χ1n) is 10.9. The van der Waals surface area contributed by atoms with Crippen LogP contribution >= 0.6 is 0 Å². The van der Waals surface area contributed by atoms with E-state index in [0.29, 0.717) is 22.1 Å². The number of rotatable bonds is 10. The number of nitrogens with zero attached hydrogens (tertiary/aromatic N) is 2. The molecular weight excluding hydrogens is 452 g/mol. The van der Waals surface area contributed by atoms with Crippen molar-refractivity contribution >= 4 is 29.2 Å². The lowest BCUT2D eigenvalue weighted by Gasteiger charge is -2.19. The Hall–Kier alpha value is -4.21. The largest absolute Gasteiger partial charge is 0.494 e. The second-order valence-corrected chi connectivity index (χ2v) is 7.76. The Kier molecular flexibility index (Phi) is 8.55. The first-order valence-corrected chi connectivity index (χ1v) is 10.9. The SMILES string of the molecule is COc1cc(CCC(=O)N(O)c2cccc(C(=O)O)c2)ccc1N(O)C(=O)CCc1ccccc1. The molecule has 0 unspecified atom stereocenters. The molecule has 0 saturated carbocycles. The molecule has 182 valence electrons. The number of hydrogen-bond donors (Lipinski definition) is 3. The van der Waals surface area contributed by atoms with Crippen LogP contribution in [0.4, 0.5) is 11.4 Å². The molecule has 9 nitrogen and oxygen atoms in total. The van der Waals surface area contributed by atoms with Gasteiger partial charge < -0.3 is 9.84 Å². The summed E-state index contributed by atoms with van der Waals surface area (Å²) in [5, 5.41) is 30.6. The van der Waals surface area contributed by atoms with Gasteiger partial charge >= 0.3 is 5.97 Å². The van der Waals surface area contributed by atoms with Gasteiger partial charge in [0, 0.05) is 12.8 Å². The Labute approximate surface area is 202 Å². The summed E-state index contributed by atoms with van der Waals surface area (Å²) < 4.78 is 5.33. The van der Waals surface area contributed by atoms with Crippen molar-refractivity contribution in [3.63, 3.8) is 0 Å². The van der Waals surface area contributed by atoms with E-state index in [1.165, 1.54) is 37.4 Å². The first-order chi connectivity index (χ1) is 16.8. The van der Waals surface area contributed by atoms with Crippen molar-refractivity contribution < 1.29 is 34.6 Å². The molecule has 3 aromatic rings. The van der Waals surface area contributed by atoms with Crippen LogP contribution in [0.1, 0.15) is 34.3 Å². The van der Waals surface area contributed by atoms with E-state index in [-0.39, 0.29) is 42.0 Å². The van der Waals surface area contributed by atoms with Gasteiger partial charge in [0.1, 0.15) is 11.4 Å². The molecule has 9 heteroatoms. The van der Waals surface area contributed by atoms with Gasteiger partial charge in [0.25, 0.3) is 11.8 Å². The van der Waals surface area contributed by atoms with E-state index in [2.05, 4.69) is 0 Å². The highest BCUT2D eigenvalue weighted by atomic mass is 16.5. The summed E-state index contributed by atoms with van der Waals surface area (Å²) in [5.74, 6) is -2.04. The number of amides is 2. The standard InChI is InChI=1S/C26H26N2O7/c1-35-23-16-19(12-15-24(29)27(33)21-9-5-8-20(17-21)26(31)32)10-13-22(23)28(34)25(30)14-11-18-6-3-2-4-7-18/h2-10,13,16-17,33-34H,11-12,14-15H2,1H3,(H,31,32). The van der Waals surface area contributed by atoms with Gasteiger partial charge in [0.2, 0.25) is 0 Å². The number of hydrogen-bond acceptors (Lipinski definition) is 6. The summed E-state index contributed by atoms with van der Waals surface area (Å²) in [6.07, 6.45) is 0.745. The number of carbonyl (C=O) groups is 3. The molecule has 3 N–H and O–H groups in total. The molecule has 0 bridgehead atoms. The number of methoxy groups -OCH3 is 1. The van der Waals surface area contributed by atoms with Crippen molar-refractivity contribution in [2.75, 3.05) is 17.2 Å². The minimum atomic E-state index is -1.17. The Balaban J connectivity index is 1.62. The zero-order valence-electron chi connectivity index (χ0n) is 19.1. The second-order valence-electron chi connectivity index (χ2n) is 7.76. The molecule has 0 atom stereocenters. The summed E-state index contributed by atoms with van der Waals surface area (Å²) in [6.45, 7) is 0. The number of aromatic carboxylic acids is 1. The van der Waals surface area contributed by atoms with Crippen LogP contribution in [0.25, 0.3) is 0 Å². The summed E-state index contributed by atoms with van der Waals surface area (Å²) in [7, 11) is 1.40. The third-order valence-corrected chi connectivity index (χ3v) is 5.38. The zero-order chi connectivity index (χ0) is 25.4. The lowest BCUT2D eigenvalue weighted by molar-refractivity contribution is -0.124. The third-order valence-electron chi connectivity index (χ3n) is 5.38. The van der Waals surface area contributed by atoms with E-state index in [4.69, 9.17) is 9.84 Å². The molecule has 0 fully saturated rings. The fourth-order valence-electron chi connectivity index (χ4n) is 3.46. The molecule has 0 radical (unpaired) electrons. The number of aryl methyl sites for hydroxylation is 2. The minimum absolute atomic E-state index is 0.0489. The van der Waals surface area contributed by atoms with E-state index >= 15 is 0 Å². The predicted molar refractivity (Wildman–Crippen MR) is 128 cm³/mol. The van der Waals surface area contributed by atoms with Gasteiger partial charge in [-0.3, -0.25) is 20.0 Å². The highest BCUT2D eigenvalue weighted by Crippen LogP contribution is 2.30. The van der Waals surface area contributed by atoms with Gasteiger partial charge in [-0.25, -0.2) is 4.79 Å². The molecule has 0 aliphatic carbocycles. The van der Waals surface area contributed by atoms with Crippen LogP contribution in [-0.4, -0.2) is 40.4 Å². The van der Waals surface area contributed by atoms with E-state index in [0.717, 1.165) is 5.56 Å². The highest BCUT2D eigenvalue weighted by molar-refractivity contribution is 5.94. The maximum absolute atomic E-state index is 12.5. The Morgan fingerprint density at radius 2 is 1.43 bits per heavy atom. The summed E-state index contributed by atoms with van der Waals surface area (Å²) >= 11 is 0. The van der Waals surface area contributed by atoms with Gasteiger partial charge in [-0.1, -0.05) is 42.5 Å². The van der Waals surface area contributed by atoms with Crippen LogP contribution in [0.5, 0.6) is 5.75 Å². The molecule has 0 saturated heterocycles. The number of hydroxylamine groups is 2. The third kappa shape index (κ3) is 6.66. The Morgan fingerprint density at radius 3 is 2.09 bits per heavy atom. The monoisotopic (exact) mass is 478 g/mol. The number of carbonyl (C=O) groups excluding carboxylic acids is 2. The molecule has 0 aromatic heterocycles. The van der Waals surface area contributed by atoms with Crippen LogP contribution in [0.15, 0.2) is 72.8 Å². The molecule has 3 aromatic carbocycles. The average Bonchev–Trinajstić information content (AvgIpc) is 2.89. The lowest BCUT2D eigenvalue weighted by Crippen LogP contribution is -2.28. The van der Waals surface area contributed by atoms with Gasteiger partial charge in [0.15, 0.2) is 0 Å². The van der Waals surface area contributed by atoms with Crippen molar-refractivity contribution in [3.8, 4) is 5.75 Å². The zero-order valence-corrected chi connectivity index (χ0v) is 19.1. The highest BCUT2D eigenvalue weighted by Gasteiger charge is 2.19. The quantitative estimate of drug-likeness (QED) is 0.296. The number of carboxylic acids is 1. The maximum Gasteiger partial charge on any atom is 0.335 e. The van der Waals surface area contributed by atoms with Crippen molar-refractivity contribution in [1.82, 2.24) is 0 Å². The van der Waals surface area contributed by atoms with E-state index in [1.807, 2.05) is 30.3 Å². The van der Waals surface area contributed by atoms with Crippen molar-refractivity contribution in [2.45, 2.75) is 25.7 Å². The number of ether oxygens (including phenoxy) is 1. The summed E-state index contributed by atoms with van der Waals surface area (Å²) in [6, 6.07) is 19.6. The molecule has 35 heavy (non-hydrogen) atoms. The van der Waals surface area contributed by atoms with Crippen molar-refractivity contribution in [1.29, 1.82) is 0 Å². The maximum atomic E-state index is 12.5. The topological polar surface area (TPSA) is 128 Å². The predicted octanol–water partition coefficient (Wildman–Crippen LogP) is 4.10. The lowest BCUT2D eigenvalue weighted by atomic mass is 10.1. The fraction of sp³-hybridized carbons (Fsp3) is 0.192. The van der Waals surface area contributed by atoms with Gasteiger partial charge in [-0.05, 0) is 54.3 Å². The van der Waals surface area contributed by atoms with Gasteiger partial charge in [-0.2, -0.15) is 10.1 Å². The molecule has 2 amide bonds. The second kappa shape index (κ2) is 11.8. The molecule has 3 rings (SSSR count). The molecule has 0 heterocycles. The van der Waals surface area contributed by atoms with Crippen LogP contribution in [0.3, 0.4) is 0 Å². The Bertz CT molecular complexity index is 1200. The Morgan fingerprint density at radius 1 is 0.771 bits per heavy atom. The van der Waals surface area contributed by atoms with Crippen molar-refractivity contribution in [3.05, 3.63) is 89.5 Å². The average molecular weight is 479 g/mol. The minimum Gasteiger partial charge on any atom is -0.494 e. The van der Waals surface area contributed by atoms with E-state index < -0.39 is 17.8 Å². The van der Waals surface area contributed by atoms with Gasteiger partial charge in [0.05, 0.1) is 18.4 Å². The molecular formula is C26H26N2O7. The van der Waals surface area contributed by atoms with E-state index in [1.54, 1.807) is 12.1 Å². The number of carboxylic acid groups (broad SMARTS) is 1. The van der Waals surface area contributed by atoms with Crippen molar-refractivity contribution in [2.24, 2.45) is 0 Å². The molecule has 0 aliphatic heterocycles. The summed E-state index contributed by atoms with van der Waals surface area (Å²) in [4.78, 5) is 36.0. The smallest absolute Gasteiger partial charge is 0.335 e. The van der Waals surface area contributed by atoms with Crippen LogP contribution < -0.4 is 14.9 Å². The normalized spacial score (nSPS) is 10.5. The number of benzene rings is 3. The molecule has 0 aliphatic rings.